The van der Waals surface area contributed by atoms with Gasteiger partial charge in [0.15, 0.2) is 5.82 Å². The molecule has 0 bridgehead atoms. The van der Waals surface area contributed by atoms with Crippen LogP contribution in [0.4, 0.5) is 22.4 Å². The van der Waals surface area contributed by atoms with Crippen LogP contribution < -0.4 is 19.9 Å². The molecule has 1 saturated carbocycles. The Labute approximate surface area is 237 Å². The standard InChI is InChI=1S/C28H33N9O4/c1-41-27-32-16-20(17-33-27)18-4-9-24(30-14-18)37(28(39)40)22-7-5-21(6-8-22)34-26-31-15-19(13-29)25(35-26)36-11-2-3-23(38)10-12-36/h4,9,14-17,21-23,38H,2-3,5-8,10-12H2,1H3,(H,39,40)(H,31,34,35)/t21-,22-,23?. The summed E-state index contributed by atoms with van der Waals surface area (Å²) in [6.07, 6.45) is 9.99. The number of nitriles is 1. The molecule has 0 spiro atoms. The van der Waals surface area contributed by atoms with Gasteiger partial charge in [0.1, 0.15) is 17.5 Å². The smallest absolute Gasteiger partial charge is 0.413 e. The molecule has 2 fully saturated rings. The van der Waals surface area contributed by atoms with Gasteiger partial charge in [0.25, 0.3) is 0 Å². The largest absolute Gasteiger partial charge is 0.467 e. The third-order valence-electron chi connectivity index (χ3n) is 7.63. The highest BCUT2D eigenvalue weighted by Crippen LogP contribution is 2.30. The number of ether oxygens (including phenoxy) is 1. The highest BCUT2D eigenvalue weighted by atomic mass is 16.5. The zero-order valence-corrected chi connectivity index (χ0v) is 22.8. The number of hydrogen-bond acceptors (Lipinski definition) is 11. The Kier molecular flexibility index (Phi) is 8.69. The minimum Gasteiger partial charge on any atom is -0.467 e. The highest BCUT2D eigenvalue weighted by molar-refractivity contribution is 5.85. The van der Waals surface area contributed by atoms with Gasteiger partial charge < -0.3 is 25.2 Å². The molecule has 1 aliphatic heterocycles. The molecule has 0 aromatic carbocycles. The fourth-order valence-corrected chi connectivity index (χ4v) is 5.43. The zero-order valence-electron chi connectivity index (χ0n) is 22.8. The van der Waals surface area contributed by atoms with Crippen LogP contribution in [-0.4, -0.2) is 79.6 Å². The SMILES string of the molecule is COc1ncc(-c2ccc(N(C(=O)O)[C@H]3CC[C@H](Nc4ncc(C#N)c(N5CCCC(O)CC5)n4)CC3)nc2)cn1. The lowest BCUT2D eigenvalue weighted by molar-refractivity contribution is 0.161. The molecule has 13 heteroatoms. The fraction of sp³-hybridized carbons (Fsp3) is 0.464. The first-order valence-corrected chi connectivity index (χ1v) is 13.8. The lowest BCUT2D eigenvalue weighted by Gasteiger charge is -2.35. The first-order chi connectivity index (χ1) is 19.9. The van der Waals surface area contributed by atoms with E-state index in [0.717, 1.165) is 43.4 Å². The molecular weight excluding hydrogens is 526 g/mol. The Morgan fingerprint density at radius 3 is 2.44 bits per heavy atom. The predicted octanol–water partition coefficient (Wildman–Crippen LogP) is 3.47. The van der Waals surface area contributed by atoms with Crippen molar-refractivity contribution >= 4 is 23.7 Å². The monoisotopic (exact) mass is 559 g/mol. The molecule has 13 nitrogen and oxygen atoms in total. The summed E-state index contributed by atoms with van der Waals surface area (Å²) in [5.74, 6) is 1.40. The molecule has 0 radical (unpaired) electrons. The molecule has 3 aromatic rings. The maximum absolute atomic E-state index is 12.3. The lowest BCUT2D eigenvalue weighted by atomic mass is 9.90. The molecule has 3 N–H and O–H groups in total. The molecule has 4 heterocycles. The zero-order chi connectivity index (χ0) is 28.8. The summed E-state index contributed by atoms with van der Waals surface area (Å²) >= 11 is 0. The molecule has 1 atom stereocenters. The van der Waals surface area contributed by atoms with Gasteiger partial charge in [0.05, 0.1) is 19.4 Å². The number of anilines is 3. The number of nitrogens with one attached hydrogen (secondary N) is 1. The van der Waals surface area contributed by atoms with E-state index in [0.29, 0.717) is 49.0 Å². The number of methoxy groups -OCH3 is 1. The van der Waals surface area contributed by atoms with Gasteiger partial charge in [-0.15, -0.1) is 0 Å². The van der Waals surface area contributed by atoms with E-state index in [4.69, 9.17) is 4.74 Å². The molecule has 1 unspecified atom stereocenters. The summed E-state index contributed by atoms with van der Waals surface area (Å²) in [7, 11) is 1.50. The van der Waals surface area contributed by atoms with Crippen molar-refractivity contribution in [2.24, 2.45) is 0 Å². The van der Waals surface area contributed by atoms with Crippen molar-refractivity contribution in [3.63, 3.8) is 0 Å². The molecule has 214 valence electrons. The molecule has 3 aromatic heterocycles. The van der Waals surface area contributed by atoms with Crippen LogP contribution in [0.1, 0.15) is 50.5 Å². The maximum atomic E-state index is 12.3. The predicted molar refractivity (Wildman–Crippen MR) is 151 cm³/mol. The van der Waals surface area contributed by atoms with Gasteiger partial charge in [-0.05, 0) is 57.1 Å². The van der Waals surface area contributed by atoms with Crippen molar-refractivity contribution in [2.45, 2.75) is 63.1 Å². The lowest BCUT2D eigenvalue weighted by Crippen LogP contribution is -2.44. The van der Waals surface area contributed by atoms with Crippen LogP contribution in [0.25, 0.3) is 11.1 Å². The van der Waals surface area contributed by atoms with E-state index in [2.05, 4.69) is 36.3 Å². The number of aromatic nitrogens is 5. The second-order valence-corrected chi connectivity index (χ2v) is 10.3. The van der Waals surface area contributed by atoms with Crippen LogP contribution in [0, 0.1) is 11.3 Å². The van der Waals surface area contributed by atoms with Gasteiger partial charge in [-0.1, -0.05) is 0 Å². The van der Waals surface area contributed by atoms with Gasteiger partial charge in [-0.2, -0.15) is 10.2 Å². The average Bonchev–Trinajstić information content (AvgIpc) is 3.22. The number of carbonyl (C=O) groups is 1. The number of rotatable bonds is 7. The number of pyridine rings is 1. The van der Waals surface area contributed by atoms with E-state index < -0.39 is 6.09 Å². The molecular formula is C28H33N9O4. The molecule has 41 heavy (non-hydrogen) atoms. The summed E-state index contributed by atoms with van der Waals surface area (Å²) in [5, 5.41) is 33.0. The van der Waals surface area contributed by atoms with E-state index in [1.807, 2.05) is 11.0 Å². The van der Waals surface area contributed by atoms with Crippen molar-refractivity contribution in [3.05, 3.63) is 42.5 Å². The quantitative estimate of drug-likeness (QED) is 0.385. The van der Waals surface area contributed by atoms with Crippen LogP contribution in [-0.2, 0) is 0 Å². The third kappa shape index (κ3) is 6.60. The summed E-state index contributed by atoms with van der Waals surface area (Å²) in [6, 6.07) is 5.81. The van der Waals surface area contributed by atoms with E-state index in [1.165, 1.54) is 18.2 Å². The number of aliphatic hydroxyl groups excluding tert-OH is 1. The van der Waals surface area contributed by atoms with Crippen LogP contribution >= 0.6 is 0 Å². The van der Waals surface area contributed by atoms with Gasteiger partial charge in [0, 0.05) is 54.9 Å². The summed E-state index contributed by atoms with van der Waals surface area (Å²) in [5.41, 5.74) is 1.93. The maximum Gasteiger partial charge on any atom is 0.413 e. The van der Waals surface area contributed by atoms with E-state index in [9.17, 15) is 20.3 Å². The summed E-state index contributed by atoms with van der Waals surface area (Å²) < 4.78 is 4.99. The minimum absolute atomic E-state index is 0.0686. The second-order valence-electron chi connectivity index (χ2n) is 10.3. The normalized spacial score (nSPS) is 20.9. The Hall–Kier alpha value is -4.57. The summed E-state index contributed by atoms with van der Waals surface area (Å²) in [6.45, 7) is 1.35. The van der Waals surface area contributed by atoms with Crippen LogP contribution in [0.2, 0.25) is 0 Å². The van der Waals surface area contributed by atoms with Gasteiger partial charge in [-0.25, -0.2) is 24.7 Å². The van der Waals surface area contributed by atoms with Crippen molar-refractivity contribution in [1.29, 1.82) is 5.26 Å². The van der Waals surface area contributed by atoms with E-state index in [1.54, 1.807) is 24.7 Å². The van der Waals surface area contributed by atoms with Gasteiger partial charge in [0.2, 0.25) is 5.95 Å². The fourth-order valence-electron chi connectivity index (χ4n) is 5.43. The Bertz CT molecular complexity index is 1370. The Morgan fingerprint density at radius 1 is 1.02 bits per heavy atom. The number of hydrogen-bond donors (Lipinski definition) is 3. The Balaban J connectivity index is 1.22. The topological polar surface area (TPSA) is 174 Å². The molecule has 2 aliphatic rings. The van der Waals surface area contributed by atoms with Crippen molar-refractivity contribution in [3.8, 4) is 23.2 Å². The van der Waals surface area contributed by atoms with E-state index in [-0.39, 0.29) is 24.2 Å². The number of aliphatic hydroxyl groups is 1. The third-order valence-corrected chi connectivity index (χ3v) is 7.63. The molecule has 5 rings (SSSR count). The number of nitrogens with zero attached hydrogens (tertiary/aromatic N) is 8. The van der Waals surface area contributed by atoms with Crippen molar-refractivity contribution in [2.75, 3.05) is 35.3 Å². The average molecular weight is 560 g/mol. The highest BCUT2D eigenvalue weighted by Gasteiger charge is 2.31. The molecule has 1 amide bonds. The number of carboxylic acid groups (broad SMARTS) is 1. The van der Waals surface area contributed by atoms with Crippen LogP contribution in [0.5, 0.6) is 6.01 Å². The number of amides is 1. The van der Waals surface area contributed by atoms with Crippen LogP contribution in [0.15, 0.2) is 36.9 Å². The summed E-state index contributed by atoms with van der Waals surface area (Å²) in [4.78, 5) is 37.3. The Morgan fingerprint density at radius 2 is 1.78 bits per heavy atom. The second kappa shape index (κ2) is 12.7. The molecule has 1 aliphatic carbocycles. The molecule has 1 saturated heterocycles. The van der Waals surface area contributed by atoms with E-state index >= 15 is 0 Å². The van der Waals surface area contributed by atoms with Gasteiger partial charge in [-0.3, -0.25) is 4.90 Å². The van der Waals surface area contributed by atoms with Gasteiger partial charge >= 0.3 is 12.1 Å². The first-order valence-electron chi connectivity index (χ1n) is 13.8. The van der Waals surface area contributed by atoms with Crippen LogP contribution in [0.3, 0.4) is 0 Å². The minimum atomic E-state index is -1.04. The first kappa shape index (κ1) is 28.0. The van der Waals surface area contributed by atoms with Crippen molar-refractivity contribution < 1.29 is 19.7 Å². The van der Waals surface area contributed by atoms with Crippen molar-refractivity contribution in [1.82, 2.24) is 24.9 Å².